The predicted octanol–water partition coefficient (Wildman–Crippen LogP) is 13.0. The Balaban J connectivity index is 1.08. The van der Waals surface area contributed by atoms with Crippen LogP contribution in [0.25, 0.3) is 81.9 Å². The van der Waals surface area contributed by atoms with E-state index in [1.165, 1.54) is 65.3 Å². The van der Waals surface area contributed by atoms with Crippen LogP contribution in [0.2, 0.25) is 0 Å². The largest absolute Gasteiger partial charge is 0.439 e. The first-order valence-corrected chi connectivity index (χ1v) is 16.8. The van der Waals surface area contributed by atoms with E-state index in [0.29, 0.717) is 0 Å². The number of benzene rings is 8. The minimum Gasteiger partial charge on any atom is -0.439 e. The molecule has 3 heteroatoms. The van der Waals surface area contributed by atoms with E-state index in [1.54, 1.807) is 0 Å². The van der Waals surface area contributed by atoms with E-state index in [9.17, 15) is 0 Å². The number of hydrogen-bond donors (Lipinski definition) is 0. The highest BCUT2D eigenvalue weighted by Gasteiger charge is 2.24. The van der Waals surface area contributed by atoms with Crippen molar-refractivity contribution in [3.05, 3.63) is 170 Å². The second kappa shape index (κ2) is 9.96. The molecule has 8 aromatic carbocycles. The Kier molecular flexibility index (Phi) is 5.38. The van der Waals surface area contributed by atoms with E-state index in [1.807, 2.05) is 0 Å². The van der Waals surface area contributed by atoms with Gasteiger partial charge in [0.1, 0.15) is 5.58 Å². The minimum absolute atomic E-state index is 0.916. The normalized spacial score (nSPS) is 12.1. The Morgan fingerprint density at radius 3 is 1.82 bits per heavy atom. The van der Waals surface area contributed by atoms with Crippen molar-refractivity contribution in [3.63, 3.8) is 0 Å². The number of rotatable bonds is 4. The molecule has 11 aromatic rings. The zero-order valence-electron chi connectivity index (χ0n) is 26.5. The van der Waals surface area contributed by atoms with Crippen LogP contribution >= 0.6 is 0 Å². The molecule has 0 aliphatic carbocycles. The van der Waals surface area contributed by atoms with E-state index < -0.39 is 0 Å². The lowest BCUT2D eigenvalue weighted by Gasteiger charge is -2.25. The summed E-state index contributed by atoms with van der Waals surface area (Å²) in [5, 5.41) is 11.0. The monoisotopic (exact) mass is 624 g/mol. The summed E-state index contributed by atoms with van der Waals surface area (Å²) in [6.45, 7) is 0. The summed E-state index contributed by atoms with van der Waals surface area (Å²) < 4.78 is 9.11. The lowest BCUT2D eigenvalue weighted by molar-refractivity contribution is 0.652. The Labute approximate surface area is 281 Å². The number of hydrogen-bond acceptors (Lipinski definition) is 2. The smallest absolute Gasteiger partial charge is 0.213 e. The Morgan fingerprint density at radius 1 is 0.408 bits per heavy atom. The van der Waals surface area contributed by atoms with Crippen LogP contribution in [0.4, 0.5) is 17.1 Å². The topological polar surface area (TPSA) is 20.8 Å². The molecule has 0 N–H and O–H groups in total. The molecule has 0 radical (unpaired) electrons. The summed E-state index contributed by atoms with van der Waals surface area (Å²) in [7, 11) is 0. The molecule has 0 fully saturated rings. The molecule has 0 aliphatic rings. The van der Waals surface area contributed by atoms with Crippen molar-refractivity contribution in [1.29, 1.82) is 0 Å². The van der Waals surface area contributed by atoms with E-state index in [2.05, 4.69) is 179 Å². The number of aromatic nitrogens is 1. The first-order valence-electron chi connectivity index (χ1n) is 16.8. The summed E-state index contributed by atoms with van der Waals surface area (Å²) in [5.74, 6) is 0. The molecule has 3 nitrogen and oxygen atoms in total. The number of para-hydroxylation sites is 3. The first kappa shape index (κ1) is 26.5. The Morgan fingerprint density at radius 2 is 1.04 bits per heavy atom. The average molecular weight is 625 g/mol. The lowest BCUT2D eigenvalue weighted by Crippen LogP contribution is -2.09. The van der Waals surface area contributed by atoms with Crippen LogP contribution in [-0.2, 0) is 0 Å². The van der Waals surface area contributed by atoms with E-state index in [-0.39, 0.29) is 0 Å². The van der Waals surface area contributed by atoms with Crippen molar-refractivity contribution < 1.29 is 4.42 Å². The van der Waals surface area contributed by atoms with Gasteiger partial charge in [-0.05, 0) is 99.4 Å². The van der Waals surface area contributed by atoms with E-state index in [4.69, 9.17) is 4.42 Å². The first-order chi connectivity index (χ1) is 24.3. The molecule has 0 bridgehead atoms. The van der Waals surface area contributed by atoms with Crippen LogP contribution in [0, 0.1) is 0 Å². The van der Waals surface area contributed by atoms with Crippen molar-refractivity contribution in [2.24, 2.45) is 0 Å². The van der Waals surface area contributed by atoms with Gasteiger partial charge in [-0.15, -0.1) is 0 Å². The number of fused-ring (bicyclic) bond motifs is 11. The van der Waals surface area contributed by atoms with Gasteiger partial charge in [0.15, 0.2) is 0 Å². The van der Waals surface area contributed by atoms with Crippen LogP contribution in [0.5, 0.6) is 0 Å². The Hall–Kier alpha value is -6.58. The summed E-state index contributed by atoms with van der Waals surface area (Å²) in [4.78, 5) is 2.30. The molecule has 0 atom stereocenters. The molecule has 0 spiro atoms. The zero-order valence-corrected chi connectivity index (χ0v) is 26.5. The summed E-state index contributed by atoms with van der Waals surface area (Å²) in [5.41, 5.74) is 10.0. The molecule has 0 saturated carbocycles. The third-order valence-corrected chi connectivity index (χ3v) is 10.2. The van der Waals surface area contributed by atoms with Crippen molar-refractivity contribution in [2.45, 2.75) is 0 Å². The molecular weight excluding hydrogens is 597 g/mol. The third-order valence-electron chi connectivity index (χ3n) is 10.2. The molecular formula is C46H28N2O. The summed E-state index contributed by atoms with van der Waals surface area (Å²) in [6, 6.07) is 61.0. The van der Waals surface area contributed by atoms with Gasteiger partial charge in [0.05, 0.1) is 16.4 Å². The van der Waals surface area contributed by atoms with Crippen molar-refractivity contribution >= 4 is 87.9 Å². The van der Waals surface area contributed by atoms with Gasteiger partial charge in [0, 0.05) is 38.6 Å². The van der Waals surface area contributed by atoms with Gasteiger partial charge in [-0.25, -0.2) is 0 Å². The van der Waals surface area contributed by atoms with Gasteiger partial charge in [-0.1, -0.05) is 103 Å². The maximum Gasteiger partial charge on any atom is 0.213 e. The fourth-order valence-electron chi connectivity index (χ4n) is 8.07. The number of anilines is 3. The highest BCUT2D eigenvalue weighted by molar-refractivity contribution is 6.34. The van der Waals surface area contributed by atoms with Crippen LogP contribution in [0.3, 0.4) is 0 Å². The second-order valence-electron chi connectivity index (χ2n) is 13.0. The third kappa shape index (κ3) is 3.78. The van der Waals surface area contributed by atoms with Crippen LogP contribution in [0.15, 0.2) is 174 Å². The van der Waals surface area contributed by atoms with Crippen molar-refractivity contribution in [2.75, 3.05) is 4.90 Å². The van der Waals surface area contributed by atoms with Gasteiger partial charge in [-0.3, -0.25) is 4.40 Å². The van der Waals surface area contributed by atoms with Gasteiger partial charge in [0.2, 0.25) is 5.71 Å². The molecule has 0 amide bonds. The van der Waals surface area contributed by atoms with Gasteiger partial charge < -0.3 is 9.32 Å². The van der Waals surface area contributed by atoms with Crippen molar-refractivity contribution in [1.82, 2.24) is 4.40 Å². The number of nitrogens with zero attached hydrogens (tertiary/aromatic N) is 2. The molecule has 0 saturated heterocycles. The van der Waals surface area contributed by atoms with E-state index >= 15 is 0 Å². The van der Waals surface area contributed by atoms with Crippen LogP contribution in [0.1, 0.15) is 0 Å². The zero-order chi connectivity index (χ0) is 32.1. The van der Waals surface area contributed by atoms with E-state index in [0.717, 1.165) is 33.7 Å². The highest BCUT2D eigenvalue weighted by Crippen LogP contribution is 2.46. The SMILES string of the molecule is c1ccc(N(c2ccccc2)c2ccc(-c3ccc4cc5oc6c(c5cc4c3)c3cc4ccccc4c4c5ccccc5n6c34)cc2)cc1. The maximum absolute atomic E-state index is 6.77. The quantitative estimate of drug-likeness (QED) is 0.194. The molecule has 3 aromatic heterocycles. The highest BCUT2D eigenvalue weighted by atomic mass is 16.3. The molecule has 0 unspecified atom stereocenters. The standard InChI is InChI=1S/C46H28N2O/c1-3-12-34(13-4-1)47(35-14-5-2-6-15-35)36-23-21-29(22-24-36)30-19-20-31-28-42-39(27-33(31)25-30)44-40-26-32-11-7-8-16-37(32)43-38-17-9-10-18-41(38)48(45(40)43)46(44)49-42/h1-28H. The molecule has 0 aliphatic heterocycles. The van der Waals surface area contributed by atoms with Gasteiger partial charge in [-0.2, -0.15) is 0 Å². The van der Waals surface area contributed by atoms with Gasteiger partial charge >= 0.3 is 0 Å². The molecule has 11 rings (SSSR count). The fraction of sp³-hybridized carbons (Fsp3) is 0. The second-order valence-corrected chi connectivity index (χ2v) is 13.0. The minimum atomic E-state index is 0.916. The average Bonchev–Trinajstić information content (AvgIpc) is 3.80. The summed E-state index contributed by atoms with van der Waals surface area (Å²) >= 11 is 0. The maximum atomic E-state index is 6.77. The fourth-order valence-corrected chi connectivity index (χ4v) is 8.07. The predicted molar refractivity (Wildman–Crippen MR) is 206 cm³/mol. The van der Waals surface area contributed by atoms with Crippen LogP contribution < -0.4 is 4.90 Å². The Bertz CT molecular complexity index is 2990. The van der Waals surface area contributed by atoms with Gasteiger partial charge in [0.25, 0.3) is 0 Å². The molecule has 49 heavy (non-hydrogen) atoms. The number of furan rings is 1. The molecule has 3 heterocycles. The van der Waals surface area contributed by atoms with Crippen molar-refractivity contribution in [3.8, 4) is 11.1 Å². The lowest BCUT2D eigenvalue weighted by atomic mass is 9.98. The summed E-state index contributed by atoms with van der Waals surface area (Å²) in [6.07, 6.45) is 0. The molecule has 228 valence electrons. The van der Waals surface area contributed by atoms with Crippen LogP contribution in [-0.4, -0.2) is 4.40 Å².